The molecule has 0 heterocycles. The Labute approximate surface area is 95.8 Å². The topological polar surface area (TPSA) is 86.2 Å². The second-order valence-corrected chi connectivity index (χ2v) is 5.14. The highest BCUT2D eigenvalue weighted by atomic mass is 35.5. The van der Waals surface area contributed by atoms with E-state index in [4.69, 9.17) is 45.7 Å². The highest BCUT2D eigenvalue weighted by Crippen LogP contribution is 2.37. The van der Waals surface area contributed by atoms with Crippen molar-refractivity contribution < 1.29 is 8.42 Å². The normalized spacial score (nSPS) is 11.7. The van der Waals surface area contributed by atoms with Crippen LogP contribution in [-0.2, 0) is 10.0 Å². The SMILES string of the molecule is Nc1c(Cl)c(Cl)cc(S(N)(=O)=O)c1Cl. The van der Waals surface area contributed by atoms with Crippen molar-refractivity contribution in [2.24, 2.45) is 5.14 Å². The molecule has 4 nitrogen and oxygen atoms in total. The molecule has 1 rings (SSSR count). The Kier molecular flexibility index (Phi) is 3.18. The molecule has 0 radical (unpaired) electrons. The van der Waals surface area contributed by atoms with E-state index < -0.39 is 10.0 Å². The Morgan fingerprint density at radius 2 is 1.64 bits per heavy atom. The summed E-state index contributed by atoms with van der Waals surface area (Å²) < 4.78 is 22.0. The van der Waals surface area contributed by atoms with E-state index in [9.17, 15) is 8.42 Å². The van der Waals surface area contributed by atoms with Crippen LogP contribution in [0.2, 0.25) is 15.1 Å². The fourth-order valence-corrected chi connectivity index (χ4v) is 2.39. The molecule has 0 unspecified atom stereocenters. The summed E-state index contributed by atoms with van der Waals surface area (Å²) in [5, 5.41) is 4.64. The summed E-state index contributed by atoms with van der Waals surface area (Å²) in [7, 11) is -3.95. The first-order valence-corrected chi connectivity index (χ1v) is 5.89. The molecule has 8 heteroatoms. The molecule has 14 heavy (non-hydrogen) atoms. The molecular weight excluding hydrogens is 271 g/mol. The minimum atomic E-state index is -3.95. The van der Waals surface area contributed by atoms with Gasteiger partial charge in [0, 0.05) is 0 Å². The largest absolute Gasteiger partial charge is 0.396 e. The van der Waals surface area contributed by atoms with Gasteiger partial charge >= 0.3 is 0 Å². The van der Waals surface area contributed by atoms with Crippen LogP contribution < -0.4 is 10.9 Å². The monoisotopic (exact) mass is 274 g/mol. The van der Waals surface area contributed by atoms with E-state index in [1.54, 1.807) is 0 Å². The van der Waals surface area contributed by atoms with Crippen molar-refractivity contribution in [3.63, 3.8) is 0 Å². The van der Waals surface area contributed by atoms with Gasteiger partial charge in [-0.1, -0.05) is 34.8 Å². The van der Waals surface area contributed by atoms with Crippen molar-refractivity contribution in [1.82, 2.24) is 0 Å². The number of nitrogens with two attached hydrogens (primary N) is 2. The van der Waals surface area contributed by atoms with Gasteiger partial charge in [-0.25, -0.2) is 13.6 Å². The third-order valence-electron chi connectivity index (χ3n) is 1.46. The molecule has 0 aliphatic rings. The average molecular weight is 276 g/mol. The lowest BCUT2D eigenvalue weighted by Crippen LogP contribution is -2.13. The van der Waals surface area contributed by atoms with Crippen LogP contribution in [0.4, 0.5) is 5.69 Å². The van der Waals surface area contributed by atoms with Gasteiger partial charge in [-0.2, -0.15) is 0 Å². The number of benzene rings is 1. The molecule has 0 aliphatic carbocycles. The first-order valence-electron chi connectivity index (χ1n) is 3.21. The molecular formula is C6H5Cl3N2O2S. The fourth-order valence-electron chi connectivity index (χ4n) is 0.807. The fraction of sp³-hybridized carbons (Fsp3) is 0. The minimum absolute atomic E-state index is 0.00377. The summed E-state index contributed by atoms with van der Waals surface area (Å²) in [6.07, 6.45) is 0. The van der Waals surface area contributed by atoms with Gasteiger partial charge in [0.05, 0.1) is 20.8 Å². The maximum Gasteiger partial charge on any atom is 0.239 e. The van der Waals surface area contributed by atoms with Gasteiger partial charge in [-0.15, -0.1) is 0 Å². The van der Waals surface area contributed by atoms with Gasteiger partial charge in [-0.3, -0.25) is 0 Å². The molecule has 0 saturated heterocycles. The lowest BCUT2D eigenvalue weighted by atomic mass is 10.3. The summed E-state index contributed by atoms with van der Waals surface area (Å²) in [5.74, 6) is 0. The molecule has 0 aliphatic heterocycles. The lowest BCUT2D eigenvalue weighted by Gasteiger charge is -2.07. The molecule has 0 spiro atoms. The molecule has 0 fully saturated rings. The Balaban J connectivity index is 3.66. The van der Waals surface area contributed by atoms with Crippen LogP contribution in [0.3, 0.4) is 0 Å². The first kappa shape index (κ1) is 11.9. The predicted octanol–water partition coefficient (Wildman–Crippen LogP) is 1.88. The molecule has 0 saturated carbocycles. The van der Waals surface area contributed by atoms with E-state index in [0.29, 0.717) is 0 Å². The van der Waals surface area contributed by atoms with Crippen molar-refractivity contribution in [2.45, 2.75) is 4.90 Å². The van der Waals surface area contributed by atoms with Gasteiger partial charge in [0.1, 0.15) is 4.90 Å². The molecule has 0 atom stereocenters. The Hall–Kier alpha value is -0.200. The first-order chi connectivity index (χ1) is 6.25. The van der Waals surface area contributed by atoms with E-state index in [0.717, 1.165) is 6.07 Å². The quantitative estimate of drug-likeness (QED) is 0.606. The van der Waals surface area contributed by atoms with Crippen molar-refractivity contribution >= 4 is 50.5 Å². The molecule has 78 valence electrons. The van der Waals surface area contributed by atoms with Gasteiger partial charge in [0.25, 0.3) is 0 Å². The van der Waals surface area contributed by atoms with Crippen LogP contribution >= 0.6 is 34.8 Å². The Morgan fingerprint density at radius 1 is 1.14 bits per heavy atom. The Bertz CT molecular complexity index is 486. The number of rotatable bonds is 1. The van der Waals surface area contributed by atoms with Crippen molar-refractivity contribution in [3.8, 4) is 0 Å². The molecule has 0 aromatic heterocycles. The standard InChI is InChI=1S/C6H5Cl3N2O2S/c7-2-1-3(14(11,12)13)5(9)6(10)4(2)8/h1H,10H2,(H2,11,12,13). The van der Waals surface area contributed by atoms with Crippen LogP contribution in [0.1, 0.15) is 0 Å². The second kappa shape index (κ2) is 3.75. The third kappa shape index (κ3) is 2.07. The van der Waals surface area contributed by atoms with Gasteiger partial charge in [-0.05, 0) is 6.07 Å². The zero-order valence-corrected chi connectivity index (χ0v) is 9.67. The Morgan fingerprint density at radius 3 is 2.07 bits per heavy atom. The molecule has 0 amide bonds. The van der Waals surface area contributed by atoms with E-state index in [-0.39, 0.29) is 25.7 Å². The molecule has 1 aromatic rings. The summed E-state index contributed by atoms with van der Waals surface area (Å²) in [4.78, 5) is -0.342. The van der Waals surface area contributed by atoms with Crippen molar-refractivity contribution in [2.75, 3.05) is 5.73 Å². The van der Waals surface area contributed by atoms with Crippen LogP contribution in [0.25, 0.3) is 0 Å². The van der Waals surface area contributed by atoms with Gasteiger partial charge in [0.2, 0.25) is 10.0 Å². The maximum absolute atomic E-state index is 11.0. The zero-order valence-electron chi connectivity index (χ0n) is 6.59. The van der Waals surface area contributed by atoms with Crippen LogP contribution in [0.5, 0.6) is 0 Å². The third-order valence-corrected chi connectivity index (χ3v) is 3.72. The number of primary sulfonamides is 1. The summed E-state index contributed by atoms with van der Waals surface area (Å²) in [5.41, 5.74) is 5.31. The number of halogens is 3. The smallest absolute Gasteiger partial charge is 0.239 e. The lowest BCUT2D eigenvalue weighted by molar-refractivity contribution is 0.598. The molecule has 4 N–H and O–H groups in total. The van der Waals surface area contributed by atoms with Gasteiger partial charge < -0.3 is 5.73 Å². The highest BCUT2D eigenvalue weighted by Gasteiger charge is 2.19. The van der Waals surface area contributed by atoms with Gasteiger partial charge in [0.15, 0.2) is 0 Å². The summed E-state index contributed by atoms with van der Waals surface area (Å²) in [6, 6.07) is 1.05. The molecule has 1 aromatic carbocycles. The zero-order chi connectivity index (χ0) is 11.1. The molecule has 0 bridgehead atoms. The van der Waals surface area contributed by atoms with E-state index in [1.807, 2.05) is 0 Å². The summed E-state index contributed by atoms with van der Waals surface area (Å²) in [6.45, 7) is 0. The van der Waals surface area contributed by atoms with Crippen molar-refractivity contribution in [1.29, 1.82) is 0 Å². The number of hydrogen-bond acceptors (Lipinski definition) is 3. The second-order valence-electron chi connectivity index (χ2n) is 2.44. The van der Waals surface area contributed by atoms with E-state index in [1.165, 1.54) is 0 Å². The van der Waals surface area contributed by atoms with Crippen molar-refractivity contribution in [3.05, 3.63) is 21.1 Å². The predicted molar refractivity (Wildman–Crippen MR) is 57.3 cm³/mol. The van der Waals surface area contributed by atoms with Crippen LogP contribution in [-0.4, -0.2) is 8.42 Å². The maximum atomic E-state index is 11.0. The minimum Gasteiger partial charge on any atom is -0.396 e. The van der Waals surface area contributed by atoms with Crippen LogP contribution in [0, 0.1) is 0 Å². The number of sulfonamides is 1. The average Bonchev–Trinajstić information content (AvgIpc) is 2.06. The summed E-state index contributed by atoms with van der Waals surface area (Å²) >= 11 is 16.9. The number of anilines is 1. The number of hydrogen-bond donors (Lipinski definition) is 2. The number of nitrogen functional groups attached to an aromatic ring is 1. The van der Waals surface area contributed by atoms with Crippen LogP contribution in [0.15, 0.2) is 11.0 Å². The highest BCUT2D eigenvalue weighted by molar-refractivity contribution is 7.89. The van der Waals surface area contributed by atoms with E-state index in [2.05, 4.69) is 0 Å². The van der Waals surface area contributed by atoms with E-state index >= 15 is 0 Å².